The maximum Gasteiger partial charge on any atom is 0.157 e. The van der Waals surface area contributed by atoms with Crippen molar-refractivity contribution in [3.63, 3.8) is 0 Å². The number of nitrogens with zero attached hydrogens (tertiary/aromatic N) is 2. The van der Waals surface area contributed by atoms with E-state index in [9.17, 15) is 0 Å². The van der Waals surface area contributed by atoms with Gasteiger partial charge in [-0.15, -0.1) is 0 Å². The van der Waals surface area contributed by atoms with Crippen molar-refractivity contribution in [1.82, 2.24) is 15.2 Å². The Bertz CT molecular complexity index is 404. The van der Waals surface area contributed by atoms with Crippen molar-refractivity contribution in [3.8, 4) is 0 Å². The molecule has 0 unspecified atom stereocenters. The summed E-state index contributed by atoms with van der Waals surface area (Å²) >= 11 is 0. The molecule has 0 bridgehead atoms. The zero-order valence-corrected chi connectivity index (χ0v) is 7.05. The second kappa shape index (κ2) is 2.48. The number of hydrogen-bond acceptors (Lipinski definition) is 3. The van der Waals surface area contributed by atoms with Crippen molar-refractivity contribution in [1.29, 1.82) is 0 Å². The summed E-state index contributed by atoms with van der Waals surface area (Å²) in [5, 5.41) is 10.9. The highest BCUT2D eigenvalue weighted by molar-refractivity contribution is 5.87. The summed E-state index contributed by atoms with van der Waals surface area (Å²) in [6.07, 6.45) is 1.82. The van der Waals surface area contributed by atoms with Crippen LogP contribution in [0.1, 0.15) is 5.56 Å². The SMILES string of the molecule is CNc1n[nH]c2ncc(C)cc12. The van der Waals surface area contributed by atoms with Crippen LogP contribution in [-0.4, -0.2) is 22.2 Å². The Morgan fingerprint density at radius 3 is 3.08 bits per heavy atom. The van der Waals surface area contributed by atoms with Crippen LogP contribution in [0.25, 0.3) is 11.0 Å². The minimum atomic E-state index is 0.824. The summed E-state index contributed by atoms with van der Waals surface area (Å²) in [6.45, 7) is 2.01. The van der Waals surface area contributed by atoms with Gasteiger partial charge in [0, 0.05) is 13.2 Å². The summed E-state index contributed by atoms with van der Waals surface area (Å²) in [4.78, 5) is 4.19. The van der Waals surface area contributed by atoms with Crippen LogP contribution in [0.2, 0.25) is 0 Å². The van der Waals surface area contributed by atoms with Gasteiger partial charge in [-0.1, -0.05) is 0 Å². The molecule has 12 heavy (non-hydrogen) atoms. The third kappa shape index (κ3) is 0.922. The minimum absolute atomic E-state index is 0.824. The summed E-state index contributed by atoms with van der Waals surface area (Å²) in [6, 6.07) is 2.05. The maximum atomic E-state index is 4.19. The van der Waals surface area contributed by atoms with Crippen LogP contribution < -0.4 is 5.32 Å². The van der Waals surface area contributed by atoms with Crippen molar-refractivity contribution in [2.24, 2.45) is 0 Å². The van der Waals surface area contributed by atoms with E-state index >= 15 is 0 Å². The van der Waals surface area contributed by atoms with Gasteiger partial charge in [0.2, 0.25) is 0 Å². The lowest BCUT2D eigenvalue weighted by Crippen LogP contribution is -1.87. The van der Waals surface area contributed by atoms with E-state index in [0.29, 0.717) is 0 Å². The molecule has 0 fully saturated rings. The average Bonchev–Trinajstić information content (AvgIpc) is 2.46. The van der Waals surface area contributed by atoms with Gasteiger partial charge >= 0.3 is 0 Å². The number of rotatable bonds is 1. The molecule has 0 radical (unpaired) electrons. The number of nitrogens with one attached hydrogen (secondary N) is 2. The lowest BCUT2D eigenvalue weighted by atomic mass is 10.2. The number of hydrogen-bond donors (Lipinski definition) is 2. The molecule has 0 amide bonds. The van der Waals surface area contributed by atoms with E-state index in [4.69, 9.17) is 0 Å². The Morgan fingerprint density at radius 2 is 2.33 bits per heavy atom. The first-order valence-corrected chi connectivity index (χ1v) is 3.80. The van der Waals surface area contributed by atoms with Crippen LogP contribution in [0, 0.1) is 6.92 Å². The van der Waals surface area contributed by atoms with Gasteiger partial charge in [0.15, 0.2) is 11.5 Å². The predicted octanol–water partition coefficient (Wildman–Crippen LogP) is 1.31. The predicted molar refractivity (Wildman–Crippen MR) is 48.2 cm³/mol. The van der Waals surface area contributed by atoms with E-state index in [0.717, 1.165) is 22.4 Å². The fourth-order valence-corrected chi connectivity index (χ4v) is 1.20. The second-order valence-electron chi connectivity index (χ2n) is 2.73. The van der Waals surface area contributed by atoms with Crippen molar-refractivity contribution in [2.75, 3.05) is 12.4 Å². The second-order valence-corrected chi connectivity index (χ2v) is 2.73. The van der Waals surface area contributed by atoms with Crippen LogP contribution in [0.4, 0.5) is 5.82 Å². The molecule has 4 nitrogen and oxygen atoms in total. The molecule has 0 aliphatic rings. The zero-order valence-electron chi connectivity index (χ0n) is 7.05. The third-order valence-corrected chi connectivity index (χ3v) is 1.79. The molecule has 0 saturated carbocycles. The molecule has 0 aromatic carbocycles. The van der Waals surface area contributed by atoms with Gasteiger partial charge in [-0.2, -0.15) is 5.10 Å². The summed E-state index contributed by atoms with van der Waals surface area (Å²) in [5.74, 6) is 0.848. The highest BCUT2D eigenvalue weighted by Crippen LogP contribution is 2.18. The third-order valence-electron chi connectivity index (χ3n) is 1.79. The number of pyridine rings is 1. The fourth-order valence-electron chi connectivity index (χ4n) is 1.20. The highest BCUT2D eigenvalue weighted by Gasteiger charge is 2.03. The Hall–Kier alpha value is -1.58. The molecular formula is C8H10N4. The molecule has 2 N–H and O–H groups in total. The van der Waals surface area contributed by atoms with E-state index < -0.39 is 0 Å². The first-order valence-electron chi connectivity index (χ1n) is 3.80. The van der Waals surface area contributed by atoms with Gasteiger partial charge in [0.25, 0.3) is 0 Å². The van der Waals surface area contributed by atoms with E-state index in [2.05, 4.69) is 26.6 Å². The van der Waals surface area contributed by atoms with Gasteiger partial charge in [-0.3, -0.25) is 5.10 Å². The van der Waals surface area contributed by atoms with Crippen LogP contribution >= 0.6 is 0 Å². The van der Waals surface area contributed by atoms with Crippen LogP contribution in [-0.2, 0) is 0 Å². The molecule has 2 aromatic heterocycles. The van der Waals surface area contributed by atoms with Gasteiger partial charge in [0.05, 0.1) is 5.39 Å². The molecule has 4 heteroatoms. The number of aryl methyl sites for hydroxylation is 1. The average molecular weight is 162 g/mol. The molecule has 62 valence electrons. The lowest BCUT2D eigenvalue weighted by molar-refractivity contribution is 1.09. The molecule has 0 aliphatic carbocycles. The smallest absolute Gasteiger partial charge is 0.157 e. The van der Waals surface area contributed by atoms with Crippen LogP contribution in [0.5, 0.6) is 0 Å². The summed E-state index contributed by atoms with van der Waals surface area (Å²) < 4.78 is 0. The molecule has 2 aromatic rings. The Kier molecular flexibility index (Phi) is 1.46. The largest absolute Gasteiger partial charge is 0.371 e. The molecule has 0 spiro atoms. The van der Waals surface area contributed by atoms with Crippen molar-refractivity contribution in [2.45, 2.75) is 6.92 Å². The summed E-state index contributed by atoms with van der Waals surface area (Å²) in [5.41, 5.74) is 1.96. The first kappa shape index (κ1) is 7.09. The first-order chi connectivity index (χ1) is 5.81. The molecule has 2 heterocycles. The van der Waals surface area contributed by atoms with E-state index in [1.807, 2.05) is 20.2 Å². The molecule has 2 rings (SSSR count). The van der Waals surface area contributed by atoms with Gasteiger partial charge in [-0.25, -0.2) is 4.98 Å². The highest BCUT2D eigenvalue weighted by atomic mass is 15.2. The van der Waals surface area contributed by atoms with Crippen molar-refractivity contribution in [3.05, 3.63) is 17.8 Å². The number of H-pyrrole nitrogens is 1. The van der Waals surface area contributed by atoms with Crippen LogP contribution in [0.3, 0.4) is 0 Å². The van der Waals surface area contributed by atoms with Gasteiger partial charge in [0.1, 0.15) is 0 Å². The molecule has 0 aliphatic heterocycles. The van der Waals surface area contributed by atoms with Crippen molar-refractivity contribution >= 4 is 16.9 Å². The van der Waals surface area contributed by atoms with E-state index in [1.165, 1.54) is 0 Å². The van der Waals surface area contributed by atoms with E-state index in [1.54, 1.807) is 0 Å². The topological polar surface area (TPSA) is 53.6 Å². The molecular weight excluding hydrogens is 152 g/mol. The Balaban J connectivity index is 2.75. The quantitative estimate of drug-likeness (QED) is 0.664. The van der Waals surface area contributed by atoms with Gasteiger partial charge in [-0.05, 0) is 18.6 Å². The molecule has 0 atom stereocenters. The summed E-state index contributed by atoms with van der Waals surface area (Å²) in [7, 11) is 1.85. The molecule has 0 saturated heterocycles. The number of aromatic amines is 1. The minimum Gasteiger partial charge on any atom is -0.371 e. The fraction of sp³-hybridized carbons (Fsp3) is 0.250. The standard InChI is InChI=1S/C8H10N4/c1-5-3-6-7(9-2)11-12-8(6)10-4-5/h3-4H,1-2H3,(H2,9,10,11,12). The number of fused-ring (bicyclic) bond motifs is 1. The monoisotopic (exact) mass is 162 g/mol. The Labute approximate surface area is 70.0 Å². The van der Waals surface area contributed by atoms with Crippen LogP contribution in [0.15, 0.2) is 12.3 Å². The lowest BCUT2D eigenvalue weighted by Gasteiger charge is -1.94. The van der Waals surface area contributed by atoms with Crippen molar-refractivity contribution < 1.29 is 0 Å². The normalized spacial score (nSPS) is 10.5. The zero-order chi connectivity index (χ0) is 8.55. The number of aromatic nitrogens is 3. The van der Waals surface area contributed by atoms with E-state index in [-0.39, 0.29) is 0 Å². The van der Waals surface area contributed by atoms with Gasteiger partial charge < -0.3 is 5.32 Å². The Morgan fingerprint density at radius 1 is 1.50 bits per heavy atom. The maximum absolute atomic E-state index is 4.19. The number of anilines is 1.